The summed E-state index contributed by atoms with van der Waals surface area (Å²) in [5, 5.41) is 7.18. The van der Waals surface area contributed by atoms with Crippen LogP contribution in [-0.4, -0.2) is 31.5 Å². The Labute approximate surface area is 307 Å². The van der Waals surface area contributed by atoms with E-state index in [0.29, 0.717) is 34.8 Å². The molecule has 4 aromatic heterocycles. The average Bonchev–Trinajstić information content (AvgIpc) is 3.64. The normalized spacial score (nSPS) is 15.6. The molecule has 6 aromatic rings. The van der Waals surface area contributed by atoms with E-state index in [2.05, 4.69) is 58.3 Å². The topological polar surface area (TPSA) is 116 Å². The van der Waals surface area contributed by atoms with Gasteiger partial charge >= 0.3 is 0 Å². The van der Waals surface area contributed by atoms with Crippen molar-refractivity contribution in [1.29, 1.82) is 0 Å². The highest BCUT2D eigenvalue weighted by molar-refractivity contribution is 6.33. The zero-order valence-electron chi connectivity index (χ0n) is 29.5. The van der Waals surface area contributed by atoms with Gasteiger partial charge in [0, 0.05) is 60.1 Å². The van der Waals surface area contributed by atoms with Crippen molar-refractivity contribution in [3.63, 3.8) is 0 Å². The molecular formula is C42H40ClFN6O2. The van der Waals surface area contributed by atoms with E-state index in [0.717, 1.165) is 63.7 Å². The van der Waals surface area contributed by atoms with E-state index in [1.54, 1.807) is 43.0 Å². The molecule has 52 heavy (non-hydrogen) atoms. The number of hydrogen-bond acceptors (Lipinski definition) is 6. The lowest BCUT2D eigenvalue weighted by atomic mass is 9.76. The molecular weight excluding hydrogens is 675 g/mol. The Morgan fingerprint density at radius 1 is 0.615 bits per heavy atom. The van der Waals surface area contributed by atoms with Gasteiger partial charge in [-0.1, -0.05) is 63.6 Å². The van der Waals surface area contributed by atoms with E-state index in [-0.39, 0.29) is 28.2 Å². The van der Waals surface area contributed by atoms with E-state index in [4.69, 9.17) is 11.6 Å². The number of para-hydroxylation sites is 2. The number of benzene rings is 2. The molecule has 2 aliphatic rings. The number of halogens is 2. The first-order valence-electron chi connectivity index (χ1n) is 17.3. The van der Waals surface area contributed by atoms with Crippen LogP contribution in [0.4, 0.5) is 27.1 Å². The minimum Gasteiger partial charge on any atom is -0.356 e. The number of fused-ring (bicyclic) bond motifs is 2. The molecule has 0 saturated carbocycles. The Morgan fingerprint density at radius 3 is 1.50 bits per heavy atom. The molecule has 0 radical (unpaired) electrons. The van der Waals surface area contributed by atoms with Crippen LogP contribution in [0.1, 0.15) is 72.6 Å². The molecule has 10 heteroatoms. The van der Waals surface area contributed by atoms with Crippen LogP contribution in [0.15, 0.2) is 97.6 Å². The van der Waals surface area contributed by atoms with Crippen molar-refractivity contribution in [2.24, 2.45) is 10.8 Å². The Morgan fingerprint density at radius 2 is 1.04 bits per heavy atom. The van der Waals surface area contributed by atoms with Gasteiger partial charge in [0.25, 0.3) is 0 Å². The first kappa shape index (κ1) is 34.9. The second-order valence-electron chi connectivity index (χ2n) is 15.0. The summed E-state index contributed by atoms with van der Waals surface area (Å²) in [6.07, 6.45) is 9.51. The first-order chi connectivity index (χ1) is 24.9. The molecule has 0 unspecified atom stereocenters. The number of H-pyrrole nitrogens is 2. The summed E-state index contributed by atoms with van der Waals surface area (Å²) < 4.78 is 14.2. The number of aromatic amines is 2. The van der Waals surface area contributed by atoms with Gasteiger partial charge < -0.3 is 20.6 Å². The third-order valence-electron chi connectivity index (χ3n) is 9.51. The highest BCUT2D eigenvalue weighted by atomic mass is 35.5. The number of ketones is 2. The van der Waals surface area contributed by atoms with Gasteiger partial charge in [-0.05, 0) is 72.2 Å². The van der Waals surface area contributed by atoms with Gasteiger partial charge in [0.1, 0.15) is 5.82 Å². The SMILES string of the molecule is CC1(C)CC(=O)c2c([nH]c(-c3ccncc3)c2Nc2ccccc2Cl)C1.CC1(C)CC(=O)c2c([nH]c(-c3ccncc3)c2Nc2ccccc2F)C1. The number of rotatable bonds is 6. The quantitative estimate of drug-likeness (QED) is 0.136. The third kappa shape index (κ3) is 7.14. The van der Waals surface area contributed by atoms with Crippen molar-refractivity contribution < 1.29 is 14.0 Å². The Hall–Kier alpha value is -5.54. The summed E-state index contributed by atoms with van der Waals surface area (Å²) in [6.45, 7) is 8.43. The number of nitrogens with zero attached hydrogens (tertiary/aromatic N) is 2. The molecule has 264 valence electrons. The van der Waals surface area contributed by atoms with Gasteiger partial charge in [-0.15, -0.1) is 0 Å². The van der Waals surface area contributed by atoms with Crippen LogP contribution in [0, 0.1) is 16.6 Å². The molecule has 0 bridgehead atoms. The minimum atomic E-state index is -0.355. The molecule has 8 rings (SSSR count). The molecule has 0 spiro atoms. The Balaban J connectivity index is 0.000000162. The van der Waals surface area contributed by atoms with Crippen LogP contribution in [0.3, 0.4) is 0 Å². The van der Waals surface area contributed by atoms with Gasteiger partial charge in [-0.3, -0.25) is 19.6 Å². The van der Waals surface area contributed by atoms with Gasteiger partial charge in [0.2, 0.25) is 0 Å². The molecule has 0 atom stereocenters. The van der Waals surface area contributed by atoms with Crippen molar-refractivity contribution >= 4 is 45.9 Å². The van der Waals surface area contributed by atoms with E-state index >= 15 is 0 Å². The van der Waals surface area contributed by atoms with Crippen LogP contribution in [0.2, 0.25) is 5.02 Å². The molecule has 8 nitrogen and oxygen atoms in total. The van der Waals surface area contributed by atoms with Gasteiger partial charge in [0.05, 0.1) is 50.3 Å². The number of anilines is 4. The smallest absolute Gasteiger partial charge is 0.167 e. The summed E-state index contributed by atoms with van der Waals surface area (Å²) >= 11 is 6.34. The zero-order valence-corrected chi connectivity index (χ0v) is 30.3. The number of nitrogens with one attached hydrogen (secondary N) is 4. The van der Waals surface area contributed by atoms with E-state index in [9.17, 15) is 14.0 Å². The fourth-order valence-electron chi connectivity index (χ4n) is 7.23. The average molecular weight is 715 g/mol. The molecule has 4 heterocycles. The standard InChI is InChI=1S/C21H20ClN3O.C21H20FN3O/c2*1-21(2)11-16-18(17(26)12-21)20(24-15-6-4-3-5-14(15)22)19(25-16)13-7-9-23-10-8-13/h2*3-10,24-25H,11-12H2,1-2H3. The van der Waals surface area contributed by atoms with Crippen LogP contribution in [0.25, 0.3) is 22.5 Å². The van der Waals surface area contributed by atoms with Crippen molar-refractivity contribution in [3.05, 3.63) is 131 Å². The zero-order chi connectivity index (χ0) is 36.6. The summed E-state index contributed by atoms with van der Waals surface area (Å²) in [4.78, 5) is 40.9. The van der Waals surface area contributed by atoms with Crippen molar-refractivity contribution in [3.8, 4) is 22.5 Å². The van der Waals surface area contributed by atoms with Crippen LogP contribution in [-0.2, 0) is 12.8 Å². The number of carbonyl (C=O) groups is 2. The fourth-order valence-corrected chi connectivity index (χ4v) is 7.41. The van der Waals surface area contributed by atoms with Crippen LogP contribution < -0.4 is 10.6 Å². The molecule has 0 saturated heterocycles. The Bertz CT molecular complexity index is 2120. The van der Waals surface area contributed by atoms with Crippen molar-refractivity contribution in [2.45, 2.75) is 53.4 Å². The van der Waals surface area contributed by atoms with Crippen molar-refractivity contribution in [2.75, 3.05) is 10.6 Å². The van der Waals surface area contributed by atoms with Gasteiger partial charge in [0.15, 0.2) is 11.6 Å². The summed E-state index contributed by atoms with van der Waals surface area (Å²) in [7, 11) is 0. The predicted octanol–water partition coefficient (Wildman–Crippen LogP) is 10.7. The number of aromatic nitrogens is 4. The van der Waals surface area contributed by atoms with E-state index in [1.807, 2.05) is 48.5 Å². The number of pyridine rings is 2. The van der Waals surface area contributed by atoms with Crippen LogP contribution >= 0.6 is 11.6 Å². The van der Waals surface area contributed by atoms with Gasteiger partial charge in [-0.25, -0.2) is 4.39 Å². The largest absolute Gasteiger partial charge is 0.356 e. The second kappa shape index (κ2) is 13.9. The van der Waals surface area contributed by atoms with E-state index in [1.165, 1.54) is 6.07 Å². The summed E-state index contributed by atoms with van der Waals surface area (Å²) in [5.74, 6) is -0.124. The molecule has 0 fully saturated rings. The molecule has 2 aliphatic carbocycles. The maximum absolute atomic E-state index is 14.2. The maximum Gasteiger partial charge on any atom is 0.167 e. The minimum absolute atomic E-state index is 0.0495. The lowest BCUT2D eigenvalue weighted by molar-refractivity contribution is 0.0903. The van der Waals surface area contributed by atoms with Crippen molar-refractivity contribution in [1.82, 2.24) is 19.9 Å². The number of carbonyl (C=O) groups excluding carboxylic acids is 2. The first-order valence-corrected chi connectivity index (χ1v) is 17.7. The lowest BCUT2D eigenvalue weighted by Crippen LogP contribution is -2.26. The molecule has 0 aliphatic heterocycles. The number of hydrogen-bond donors (Lipinski definition) is 4. The highest BCUT2D eigenvalue weighted by Gasteiger charge is 2.37. The van der Waals surface area contributed by atoms with Gasteiger partial charge in [-0.2, -0.15) is 0 Å². The number of Topliss-reactive ketones (excluding diaryl/α,β-unsaturated/α-hetero) is 2. The maximum atomic E-state index is 14.2. The molecule has 0 amide bonds. The van der Waals surface area contributed by atoms with Crippen LogP contribution in [0.5, 0.6) is 0 Å². The summed E-state index contributed by atoms with van der Waals surface area (Å²) in [5.41, 5.74) is 9.23. The Kier molecular flexibility index (Phi) is 9.31. The molecule has 4 N–H and O–H groups in total. The summed E-state index contributed by atoms with van der Waals surface area (Å²) in [6, 6.07) is 21.7. The van der Waals surface area contributed by atoms with E-state index < -0.39 is 0 Å². The predicted molar refractivity (Wildman–Crippen MR) is 205 cm³/mol. The second-order valence-corrected chi connectivity index (χ2v) is 15.4. The monoisotopic (exact) mass is 714 g/mol. The third-order valence-corrected chi connectivity index (χ3v) is 9.84. The highest BCUT2D eigenvalue weighted by Crippen LogP contribution is 2.45. The molecule has 2 aromatic carbocycles. The lowest BCUT2D eigenvalue weighted by Gasteiger charge is -2.28. The fraction of sp³-hybridized carbons (Fsp3) is 0.238.